The lowest BCUT2D eigenvalue weighted by atomic mass is 9.93. The highest BCUT2D eigenvalue weighted by Gasteiger charge is 2.20. The minimum Gasteiger partial charge on any atom is -0.393 e. The van der Waals surface area contributed by atoms with Crippen LogP contribution in [0.4, 0.5) is 0 Å². The Hall–Kier alpha value is -1.53. The quantitative estimate of drug-likeness (QED) is 0.663. The van der Waals surface area contributed by atoms with E-state index in [2.05, 4.69) is 10.4 Å². The predicted molar refractivity (Wildman–Crippen MR) is 113 cm³/mol. The summed E-state index contributed by atoms with van der Waals surface area (Å²) >= 11 is 18.9. The Morgan fingerprint density at radius 2 is 1.89 bits per heavy atom. The van der Waals surface area contributed by atoms with E-state index in [0.717, 1.165) is 31.2 Å². The lowest BCUT2D eigenvalue weighted by Crippen LogP contribution is -2.37. The number of aryl methyl sites for hydroxylation is 1. The van der Waals surface area contributed by atoms with E-state index in [4.69, 9.17) is 34.8 Å². The summed E-state index contributed by atoms with van der Waals surface area (Å²) in [6.07, 6.45) is 5.90. The summed E-state index contributed by atoms with van der Waals surface area (Å²) < 4.78 is 1.62. The van der Waals surface area contributed by atoms with Crippen LogP contribution < -0.4 is 5.32 Å². The first kappa shape index (κ1) is 21.2. The average Bonchev–Trinajstić information content (AvgIpc) is 2.92. The molecule has 0 spiro atoms. The molecule has 1 aromatic carbocycles. The van der Waals surface area contributed by atoms with Gasteiger partial charge in [-0.15, -0.1) is 0 Å². The number of nitrogens with one attached hydrogen (secondary N) is 1. The maximum atomic E-state index is 12.2. The van der Waals surface area contributed by atoms with E-state index in [9.17, 15) is 9.90 Å². The van der Waals surface area contributed by atoms with Gasteiger partial charge in [0.2, 0.25) is 5.91 Å². The molecule has 3 rings (SSSR count). The maximum absolute atomic E-state index is 12.2. The van der Waals surface area contributed by atoms with Crippen LogP contribution in [0.1, 0.15) is 42.5 Å². The van der Waals surface area contributed by atoms with Crippen molar-refractivity contribution >= 4 is 46.8 Å². The largest absolute Gasteiger partial charge is 0.393 e. The second-order valence-electron chi connectivity index (χ2n) is 7.00. The Labute approximate surface area is 179 Å². The fourth-order valence-electron chi connectivity index (χ4n) is 3.32. The number of halogens is 3. The van der Waals surface area contributed by atoms with Gasteiger partial charge in [-0.3, -0.25) is 4.79 Å². The third-order valence-electron chi connectivity index (χ3n) is 4.92. The number of aliphatic hydroxyl groups is 1. The molecular weight excluding hydrogens is 421 g/mol. The minimum atomic E-state index is -0.248. The highest BCUT2D eigenvalue weighted by molar-refractivity contribution is 6.36. The summed E-state index contributed by atoms with van der Waals surface area (Å²) in [5, 5.41) is 18.5. The molecule has 0 atom stereocenters. The lowest BCUT2D eigenvalue weighted by molar-refractivity contribution is -0.117. The Bertz CT molecular complexity index is 867. The van der Waals surface area contributed by atoms with Gasteiger partial charge in [0.1, 0.15) is 5.15 Å². The summed E-state index contributed by atoms with van der Waals surface area (Å²) in [6.45, 7) is 2.17. The molecule has 1 saturated carbocycles. The Balaban J connectivity index is 1.69. The first-order valence-corrected chi connectivity index (χ1v) is 10.3. The molecule has 2 aromatic rings. The van der Waals surface area contributed by atoms with Crippen molar-refractivity contribution in [1.29, 1.82) is 0 Å². The number of carbonyl (C=O) groups excluding carboxylic acids is 1. The number of aliphatic hydroxyl groups excluding tert-OH is 1. The second kappa shape index (κ2) is 9.31. The van der Waals surface area contributed by atoms with Gasteiger partial charge in [0.05, 0.1) is 18.3 Å². The van der Waals surface area contributed by atoms with Gasteiger partial charge in [0.25, 0.3) is 0 Å². The molecule has 0 bridgehead atoms. The molecule has 1 heterocycles. The molecule has 8 heteroatoms. The van der Waals surface area contributed by atoms with Crippen molar-refractivity contribution in [2.45, 2.75) is 51.3 Å². The van der Waals surface area contributed by atoms with Crippen LogP contribution in [-0.2, 0) is 11.3 Å². The highest BCUT2D eigenvalue weighted by Crippen LogP contribution is 2.28. The van der Waals surface area contributed by atoms with E-state index in [1.54, 1.807) is 29.0 Å². The van der Waals surface area contributed by atoms with Crippen LogP contribution in [0.2, 0.25) is 15.2 Å². The molecule has 1 fully saturated rings. The van der Waals surface area contributed by atoms with Crippen LogP contribution in [0.15, 0.2) is 24.3 Å². The molecule has 1 aromatic heterocycles. The third-order valence-corrected chi connectivity index (χ3v) is 6.03. The monoisotopic (exact) mass is 441 g/mol. The number of aromatic nitrogens is 2. The zero-order valence-corrected chi connectivity index (χ0v) is 17.7. The summed E-state index contributed by atoms with van der Waals surface area (Å²) in [7, 11) is 0. The van der Waals surface area contributed by atoms with Gasteiger partial charge in [-0.25, -0.2) is 4.68 Å². The van der Waals surface area contributed by atoms with E-state index in [1.807, 2.05) is 6.92 Å². The van der Waals surface area contributed by atoms with Gasteiger partial charge in [-0.2, -0.15) is 5.10 Å². The molecule has 2 N–H and O–H groups in total. The van der Waals surface area contributed by atoms with E-state index < -0.39 is 0 Å². The number of hydrogen-bond acceptors (Lipinski definition) is 3. The zero-order valence-electron chi connectivity index (χ0n) is 15.5. The standard InChI is InChI=1S/C20H22Cl3N3O2/c1-12-15(9-10-19(28)24-13-5-7-14(27)8-6-13)20(23)26(25-12)11-16-17(21)3-2-4-18(16)22/h2-4,9-10,13-14,27H,5-8,11H2,1H3,(H,24,28). The number of benzene rings is 1. The van der Waals surface area contributed by atoms with Crippen molar-refractivity contribution < 1.29 is 9.90 Å². The topological polar surface area (TPSA) is 67.2 Å². The van der Waals surface area contributed by atoms with E-state index in [0.29, 0.717) is 33.0 Å². The fraction of sp³-hybridized carbons (Fsp3) is 0.400. The third kappa shape index (κ3) is 5.09. The number of nitrogens with zero attached hydrogens (tertiary/aromatic N) is 2. The van der Waals surface area contributed by atoms with E-state index >= 15 is 0 Å². The molecule has 150 valence electrons. The van der Waals surface area contributed by atoms with Crippen molar-refractivity contribution in [1.82, 2.24) is 15.1 Å². The molecule has 1 aliphatic rings. The van der Waals surface area contributed by atoms with Crippen LogP contribution in [-0.4, -0.2) is 32.9 Å². The van der Waals surface area contributed by atoms with Crippen LogP contribution in [0.25, 0.3) is 6.08 Å². The number of carbonyl (C=O) groups is 1. The SMILES string of the molecule is Cc1nn(Cc2c(Cl)cccc2Cl)c(Cl)c1C=CC(=O)NC1CCC(O)CC1. The molecule has 0 saturated heterocycles. The number of rotatable bonds is 5. The van der Waals surface area contributed by atoms with Gasteiger partial charge in [-0.05, 0) is 50.8 Å². The Kier molecular flexibility index (Phi) is 7.05. The van der Waals surface area contributed by atoms with Gasteiger partial charge < -0.3 is 10.4 Å². The van der Waals surface area contributed by atoms with Crippen molar-refractivity contribution in [3.63, 3.8) is 0 Å². The van der Waals surface area contributed by atoms with Gasteiger partial charge in [0.15, 0.2) is 0 Å². The summed E-state index contributed by atoms with van der Waals surface area (Å²) in [6, 6.07) is 5.41. The van der Waals surface area contributed by atoms with Crippen molar-refractivity contribution in [3.8, 4) is 0 Å². The molecule has 1 aliphatic carbocycles. The van der Waals surface area contributed by atoms with Gasteiger partial charge in [0, 0.05) is 33.3 Å². The van der Waals surface area contributed by atoms with E-state index in [1.165, 1.54) is 6.08 Å². The minimum absolute atomic E-state index is 0.0993. The molecule has 0 aliphatic heterocycles. The molecule has 0 unspecified atom stereocenters. The fourth-order valence-corrected chi connectivity index (χ4v) is 4.14. The highest BCUT2D eigenvalue weighted by atomic mass is 35.5. The molecular formula is C20H22Cl3N3O2. The number of amides is 1. The first-order chi connectivity index (χ1) is 13.3. The Morgan fingerprint density at radius 1 is 1.25 bits per heavy atom. The van der Waals surface area contributed by atoms with Gasteiger partial charge in [-0.1, -0.05) is 40.9 Å². The molecule has 1 amide bonds. The van der Waals surface area contributed by atoms with Gasteiger partial charge >= 0.3 is 0 Å². The predicted octanol–water partition coefficient (Wildman–Crippen LogP) is 4.63. The Morgan fingerprint density at radius 3 is 2.54 bits per heavy atom. The van der Waals surface area contributed by atoms with Crippen molar-refractivity contribution in [3.05, 3.63) is 56.3 Å². The van der Waals surface area contributed by atoms with Crippen LogP contribution in [0.3, 0.4) is 0 Å². The lowest BCUT2D eigenvalue weighted by Gasteiger charge is -2.25. The van der Waals surface area contributed by atoms with Crippen LogP contribution in [0.5, 0.6) is 0 Å². The normalized spacial score (nSPS) is 19.9. The van der Waals surface area contributed by atoms with Crippen molar-refractivity contribution in [2.24, 2.45) is 0 Å². The molecule has 5 nitrogen and oxygen atoms in total. The van der Waals surface area contributed by atoms with E-state index in [-0.39, 0.29) is 18.1 Å². The zero-order chi connectivity index (χ0) is 20.3. The average molecular weight is 443 g/mol. The van der Waals surface area contributed by atoms with Crippen LogP contribution >= 0.6 is 34.8 Å². The molecule has 28 heavy (non-hydrogen) atoms. The first-order valence-electron chi connectivity index (χ1n) is 9.17. The molecule has 0 radical (unpaired) electrons. The number of hydrogen-bond donors (Lipinski definition) is 2. The summed E-state index contributed by atoms with van der Waals surface area (Å²) in [5.74, 6) is -0.182. The summed E-state index contributed by atoms with van der Waals surface area (Å²) in [4.78, 5) is 12.2. The second-order valence-corrected chi connectivity index (χ2v) is 8.17. The van der Waals surface area contributed by atoms with Crippen LogP contribution in [0, 0.1) is 6.92 Å². The van der Waals surface area contributed by atoms with Crippen molar-refractivity contribution in [2.75, 3.05) is 0 Å². The smallest absolute Gasteiger partial charge is 0.244 e. The summed E-state index contributed by atoms with van der Waals surface area (Å²) in [5.41, 5.74) is 2.13. The maximum Gasteiger partial charge on any atom is 0.244 e.